The first-order valence-corrected chi connectivity index (χ1v) is 9.36. The molecule has 0 unspecified atom stereocenters. The van der Waals surface area contributed by atoms with Gasteiger partial charge in [0.15, 0.2) is 6.61 Å². The van der Waals surface area contributed by atoms with E-state index in [-0.39, 0.29) is 18.8 Å². The molecule has 0 radical (unpaired) electrons. The summed E-state index contributed by atoms with van der Waals surface area (Å²) in [6.45, 7) is 1.66. The molecule has 8 heteroatoms. The lowest BCUT2D eigenvalue weighted by Gasteiger charge is -2.10. The van der Waals surface area contributed by atoms with Gasteiger partial charge in [-0.3, -0.25) is 4.79 Å². The molecule has 0 fully saturated rings. The summed E-state index contributed by atoms with van der Waals surface area (Å²) in [5.74, 6) is -0.759. The second-order valence-corrected chi connectivity index (χ2v) is 6.76. The Morgan fingerprint density at radius 2 is 1.96 bits per heavy atom. The zero-order valence-corrected chi connectivity index (χ0v) is 17.2. The van der Waals surface area contributed by atoms with E-state index in [9.17, 15) is 14.9 Å². The van der Waals surface area contributed by atoms with Gasteiger partial charge in [-0.1, -0.05) is 27.5 Å². The largest absolute Gasteiger partial charge is 0.481 e. The first kappa shape index (κ1) is 21.5. The first-order chi connectivity index (χ1) is 13.4. The Kier molecular flexibility index (Phi) is 8.05. The van der Waals surface area contributed by atoms with Crippen molar-refractivity contribution in [1.29, 1.82) is 5.26 Å². The highest BCUT2D eigenvalue weighted by atomic mass is 79.9. The van der Waals surface area contributed by atoms with Gasteiger partial charge in [0, 0.05) is 20.7 Å². The molecule has 1 amide bonds. The van der Waals surface area contributed by atoms with Crippen LogP contribution in [0, 0.1) is 11.3 Å². The highest BCUT2D eigenvalue weighted by Gasteiger charge is 2.13. The standard InChI is InChI=1S/C20H16BrClN2O4/c1-2-27-19(25)12-28-18-8-3-15(21)10-13(18)9-14(11-23)20(26)24-17-6-4-16(22)5-7-17/h3-10H,2,12H2,1H3,(H,24,26)/b14-9+. The predicted molar refractivity (Wildman–Crippen MR) is 110 cm³/mol. The number of esters is 1. The molecule has 0 atom stereocenters. The summed E-state index contributed by atoms with van der Waals surface area (Å²) < 4.78 is 11.0. The van der Waals surface area contributed by atoms with Crippen LogP contribution in [-0.4, -0.2) is 25.1 Å². The van der Waals surface area contributed by atoms with Gasteiger partial charge in [0.1, 0.15) is 17.4 Å². The number of halogens is 2. The number of nitrogens with one attached hydrogen (secondary N) is 1. The third-order valence-electron chi connectivity index (χ3n) is 3.39. The molecule has 2 rings (SSSR count). The van der Waals surface area contributed by atoms with Gasteiger partial charge >= 0.3 is 5.97 Å². The Hall–Kier alpha value is -2.82. The minimum absolute atomic E-state index is 0.131. The zero-order chi connectivity index (χ0) is 20.5. The van der Waals surface area contributed by atoms with E-state index in [0.29, 0.717) is 22.0 Å². The van der Waals surface area contributed by atoms with Crippen LogP contribution in [0.1, 0.15) is 12.5 Å². The molecule has 0 aromatic heterocycles. The third-order valence-corrected chi connectivity index (χ3v) is 4.13. The van der Waals surface area contributed by atoms with E-state index in [1.807, 2.05) is 6.07 Å². The lowest BCUT2D eigenvalue weighted by molar-refractivity contribution is -0.145. The number of ether oxygens (including phenoxy) is 2. The van der Waals surface area contributed by atoms with Crippen molar-refractivity contribution in [2.45, 2.75) is 6.92 Å². The van der Waals surface area contributed by atoms with Crippen LogP contribution in [0.5, 0.6) is 5.75 Å². The van der Waals surface area contributed by atoms with Gasteiger partial charge in [-0.25, -0.2) is 4.79 Å². The van der Waals surface area contributed by atoms with Crippen LogP contribution in [-0.2, 0) is 14.3 Å². The maximum atomic E-state index is 12.4. The topological polar surface area (TPSA) is 88.4 Å². The fourth-order valence-corrected chi connectivity index (χ4v) is 2.64. The molecule has 0 saturated carbocycles. The molecule has 28 heavy (non-hydrogen) atoms. The van der Waals surface area contributed by atoms with Gasteiger partial charge in [0.05, 0.1) is 6.61 Å². The van der Waals surface area contributed by atoms with Crippen molar-refractivity contribution in [2.75, 3.05) is 18.5 Å². The van der Waals surface area contributed by atoms with Gasteiger partial charge in [-0.15, -0.1) is 0 Å². The third kappa shape index (κ3) is 6.41. The summed E-state index contributed by atoms with van der Waals surface area (Å²) >= 11 is 9.16. The van der Waals surface area contributed by atoms with Gasteiger partial charge in [0.2, 0.25) is 0 Å². The summed E-state index contributed by atoms with van der Waals surface area (Å²) in [4.78, 5) is 23.9. The number of amides is 1. The maximum Gasteiger partial charge on any atom is 0.344 e. The quantitative estimate of drug-likeness (QED) is 0.368. The number of carbonyl (C=O) groups excluding carboxylic acids is 2. The van der Waals surface area contributed by atoms with E-state index < -0.39 is 11.9 Å². The second kappa shape index (κ2) is 10.5. The summed E-state index contributed by atoms with van der Waals surface area (Å²) in [7, 11) is 0. The summed E-state index contributed by atoms with van der Waals surface area (Å²) in [6.07, 6.45) is 1.39. The Morgan fingerprint density at radius 3 is 2.61 bits per heavy atom. The molecule has 0 heterocycles. The van der Waals surface area contributed by atoms with Crippen LogP contribution in [0.4, 0.5) is 5.69 Å². The fourth-order valence-electron chi connectivity index (χ4n) is 2.14. The number of carbonyl (C=O) groups is 2. The molecule has 0 aliphatic rings. The molecule has 0 saturated heterocycles. The molecular formula is C20H16BrClN2O4. The summed E-state index contributed by atoms with van der Waals surface area (Å²) in [5, 5.41) is 12.6. The fraction of sp³-hybridized carbons (Fsp3) is 0.150. The van der Waals surface area contributed by atoms with Crippen LogP contribution in [0.15, 0.2) is 52.5 Å². The average Bonchev–Trinajstić information content (AvgIpc) is 2.67. The first-order valence-electron chi connectivity index (χ1n) is 8.19. The molecular weight excluding hydrogens is 448 g/mol. The molecule has 0 spiro atoms. The monoisotopic (exact) mass is 462 g/mol. The summed E-state index contributed by atoms with van der Waals surface area (Å²) in [5.41, 5.74) is 0.832. The highest BCUT2D eigenvalue weighted by molar-refractivity contribution is 9.10. The Balaban J connectivity index is 2.23. The van der Waals surface area contributed by atoms with Gasteiger partial charge in [-0.2, -0.15) is 5.26 Å². The number of hydrogen-bond donors (Lipinski definition) is 1. The van der Waals surface area contributed by atoms with E-state index in [2.05, 4.69) is 21.2 Å². The normalized spacial score (nSPS) is 10.7. The van der Waals surface area contributed by atoms with E-state index in [1.54, 1.807) is 49.4 Å². The molecule has 0 aliphatic carbocycles. The number of nitriles is 1. The second-order valence-electron chi connectivity index (χ2n) is 5.41. The van der Waals surface area contributed by atoms with Crippen molar-refractivity contribution in [2.24, 2.45) is 0 Å². The number of rotatable bonds is 7. The van der Waals surface area contributed by atoms with Crippen molar-refractivity contribution in [3.8, 4) is 11.8 Å². The number of hydrogen-bond acceptors (Lipinski definition) is 5. The molecule has 1 N–H and O–H groups in total. The van der Waals surface area contributed by atoms with E-state index in [0.717, 1.165) is 4.47 Å². The van der Waals surface area contributed by atoms with Crippen LogP contribution in [0.2, 0.25) is 5.02 Å². The average molecular weight is 464 g/mol. The lowest BCUT2D eigenvalue weighted by atomic mass is 10.1. The van der Waals surface area contributed by atoms with E-state index in [4.69, 9.17) is 21.1 Å². The van der Waals surface area contributed by atoms with Crippen LogP contribution in [0.25, 0.3) is 6.08 Å². The molecule has 6 nitrogen and oxygen atoms in total. The molecule has 2 aromatic carbocycles. The van der Waals surface area contributed by atoms with Gasteiger partial charge in [0.25, 0.3) is 5.91 Å². The van der Waals surface area contributed by atoms with E-state index >= 15 is 0 Å². The Bertz CT molecular complexity index is 936. The molecule has 0 bridgehead atoms. The maximum absolute atomic E-state index is 12.4. The van der Waals surface area contributed by atoms with Crippen molar-refractivity contribution in [3.05, 3.63) is 63.1 Å². The number of benzene rings is 2. The van der Waals surface area contributed by atoms with Crippen LogP contribution < -0.4 is 10.1 Å². The highest BCUT2D eigenvalue weighted by Crippen LogP contribution is 2.26. The van der Waals surface area contributed by atoms with Crippen molar-refractivity contribution >= 4 is 51.2 Å². The van der Waals surface area contributed by atoms with Crippen LogP contribution in [0.3, 0.4) is 0 Å². The van der Waals surface area contributed by atoms with Crippen molar-refractivity contribution < 1.29 is 19.1 Å². The van der Waals surface area contributed by atoms with Crippen molar-refractivity contribution in [3.63, 3.8) is 0 Å². The number of anilines is 1. The van der Waals surface area contributed by atoms with E-state index in [1.165, 1.54) is 6.08 Å². The SMILES string of the molecule is CCOC(=O)COc1ccc(Br)cc1/C=C(\C#N)C(=O)Nc1ccc(Cl)cc1. The van der Waals surface area contributed by atoms with Gasteiger partial charge < -0.3 is 14.8 Å². The Labute approximate surface area is 175 Å². The minimum Gasteiger partial charge on any atom is -0.481 e. The number of nitrogens with zero attached hydrogens (tertiary/aromatic N) is 1. The molecule has 2 aromatic rings. The predicted octanol–water partition coefficient (Wildman–Crippen LogP) is 4.59. The smallest absolute Gasteiger partial charge is 0.344 e. The molecule has 0 aliphatic heterocycles. The molecule has 144 valence electrons. The Morgan fingerprint density at radius 1 is 1.25 bits per heavy atom. The van der Waals surface area contributed by atoms with Crippen molar-refractivity contribution in [1.82, 2.24) is 0 Å². The minimum atomic E-state index is -0.582. The zero-order valence-electron chi connectivity index (χ0n) is 14.9. The summed E-state index contributed by atoms with van der Waals surface area (Å²) in [6, 6.07) is 13.4. The van der Waals surface area contributed by atoms with Gasteiger partial charge in [-0.05, 0) is 55.5 Å². The van der Waals surface area contributed by atoms with Crippen LogP contribution >= 0.6 is 27.5 Å². The lowest BCUT2D eigenvalue weighted by Crippen LogP contribution is -2.15.